The van der Waals surface area contributed by atoms with Gasteiger partial charge in [-0.15, -0.1) is 0 Å². The van der Waals surface area contributed by atoms with Crippen LogP contribution in [0.2, 0.25) is 0 Å². The molecule has 1 N–H and O–H groups in total. The molecule has 0 saturated heterocycles. The molecule has 6 heteroatoms. The van der Waals surface area contributed by atoms with Gasteiger partial charge in [-0.25, -0.2) is 17.5 Å². The summed E-state index contributed by atoms with van der Waals surface area (Å²) in [6, 6.07) is 3.81. The van der Waals surface area contributed by atoms with E-state index in [2.05, 4.69) is 20.7 Å². The third-order valence-corrected chi connectivity index (χ3v) is 6.31. The predicted molar refractivity (Wildman–Crippen MR) is 76.4 cm³/mol. The minimum absolute atomic E-state index is 0.0246. The van der Waals surface area contributed by atoms with Crippen LogP contribution in [-0.2, 0) is 10.0 Å². The molecule has 2 atom stereocenters. The molecule has 0 radical (unpaired) electrons. The Labute approximate surface area is 121 Å². The third kappa shape index (κ3) is 3.55. The molecule has 0 aromatic heterocycles. The van der Waals surface area contributed by atoms with Crippen LogP contribution in [0, 0.1) is 18.7 Å². The van der Waals surface area contributed by atoms with Gasteiger partial charge in [0.25, 0.3) is 0 Å². The molecule has 0 amide bonds. The molecule has 1 aromatic rings. The van der Waals surface area contributed by atoms with Crippen molar-refractivity contribution in [3.63, 3.8) is 0 Å². The summed E-state index contributed by atoms with van der Waals surface area (Å²) in [5, 5.41) is 0. The highest BCUT2D eigenvalue weighted by molar-refractivity contribution is 9.09. The number of halogens is 2. The molecule has 3 nitrogen and oxygen atoms in total. The minimum atomic E-state index is -3.64. The molecule has 2 unspecified atom stereocenters. The molecular weight excluding hydrogens is 333 g/mol. The van der Waals surface area contributed by atoms with Gasteiger partial charge < -0.3 is 0 Å². The van der Waals surface area contributed by atoms with Gasteiger partial charge in [-0.2, -0.15) is 0 Å². The SMILES string of the molecule is Cc1ccc(F)cc1S(=O)(=O)NCC1CCCC1Br. The Morgan fingerprint density at radius 2 is 2.16 bits per heavy atom. The molecule has 0 heterocycles. The maximum absolute atomic E-state index is 13.2. The molecule has 0 spiro atoms. The lowest BCUT2D eigenvalue weighted by atomic mass is 10.1. The first-order chi connectivity index (χ1) is 8.90. The van der Waals surface area contributed by atoms with Gasteiger partial charge in [0.05, 0.1) is 4.90 Å². The highest BCUT2D eigenvalue weighted by Gasteiger charge is 2.27. The molecule has 19 heavy (non-hydrogen) atoms. The van der Waals surface area contributed by atoms with Crippen LogP contribution in [0.25, 0.3) is 0 Å². The number of alkyl halides is 1. The molecule has 0 aliphatic heterocycles. The van der Waals surface area contributed by atoms with Gasteiger partial charge in [0, 0.05) is 11.4 Å². The second-order valence-corrected chi connectivity index (χ2v) is 7.88. The van der Waals surface area contributed by atoms with Crippen LogP contribution in [0.15, 0.2) is 23.1 Å². The second kappa shape index (κ2) is 5.89. The van der Waals surface area contributed by atoms with E-state index in [1.54, 1.807) is 6.92 Å². The van der Waals surface area contributed by atoms with Crippen molar-refractivity contribution in [2.45, 2.75) is 35.9 Å². The number of sulfonamides is 1. The van der Waals surface area contributed by atoms with E-state index in [9.17, 15) is 12.8 Å². The van der Waals surface area contributed by atoms with Crippen LogP contribution in [-0.4, -0.2) is 19.8 Å². The molecule has 1 aromatic carbocycles. The van der Waals surface area contributed by atoms with Gasteiger partial charge in [-0.3, -0.25) is 0 Å². The molecule has 1 fully saturated rings. The summed E-state index contributed by atoms with van der Waals surface area (Å²) in [6.07, 6.45) is 3.20. The summed E-state index contributed by atoms with van der Waals surface area (Å²) >= 11 is 3.56. The van der Waals surface area contributed by atoms with E-state index < -0.39 is 15.8 Å². The summed E-state index contributed by atoms with van der Waals surface area (Å²) in [7, 11) is -3.64. The van der Waals surface area contributed by atoms with Crippen molar-refractivity contribution in [2.24, 2.45) is 5.92 Å². The zero-order valence-corrected chi connectivity index (χ0v) is 13.1. The summed E-state index contributed by atoms with van der Waals surface area (Å²) in [5.41, 5.74) is 0.552. The van der Waals surface area contributed by atoms with Crippen molar-refractivity contribution in [3.8, 4) is 0 Å². The van der Waals surface area contributed by atoms with Gasteiger partial charge in [0.1, 0.15) is 5.82 Å². The Hall–Kier alpha value is -0.460. The first-order valence-corrected chi connectivity index (χ1v) is 8.70. The second-order valence-electron chi connectivity index (χ2n) is 4.97. The summed E-state index contributed by atoms with van der Waals surface area (Å²) in [5.74, 6) is -0.228. The molecule has 106 valence electrons. The van der Waals surface area contributed by atoms with Gasteiger partial charge >= 0.3 is 0 Å². The monoisotopic (exact) mass is 349 g/mol. The summed E-state index contributed by atoms with van der Waals surface area (Å²) in [6.45, 7) is 2.06. The van der Waals surface area contributed by atoms with E-state index in [0.717, 1.165) is 25.3 Å². The zero-order valence-electron chi connectivity index (χ0n) is 10.7. The fourth-order valence-corrected chi connectivity index (χ4v) is 4.50. The molecule has 2 rings (SSSR count). The first-order valence-electron chi connectivity index (χ1n) is 6.30. The Morgan fingerprint density at radius 3 is 2.79 bits per heavy atom. The Bertz CT molecular complexity index is 562. The van der Waals surface area contributed by atoms with Crippen LogP contribution < -0.4 is 4.72 Å². The number of hydrogen-bond donors (Lipinski definition) is 1. The molecule has 1 aliphatic rings. The van der Waals surface area contributed by atoms with Gasteiger partial charge in [0.2, 0.25) is 10.0 Å². The van der Waals surface area contributed by atoms with Gasteiger partial charge in [-0.1, -0.05) is 28.4 Å². The molecular formula is C13H17BrFNO2S. The van der Waals surface area contributed by atoms with Crippen molar-refractivity contribution in [2.75, 3.05) is 6.54 Å². The lowest BCUT2D eigenvalue weighted by Gasteiger charge is -2.15. The topological polar surface area (TPSA) is 46.2 Å². The van der Waals surface area contributed by atoms with Crippen molar-refractivity contribution in [1.29, 1.82) is 0 Å². The van der Waals surface area contributed by atoms with Crippen LogP contribution in [0.5, 0.6) is 0 Å². The lowest BCUT2D eigenvalue weighted by molar-refractivity contribution is 0.528. The Morgan fingerprint density at radius 1 is 1.42 bits per heavy atom. The van der Waals surface area contributed by atoms with E-state index in [4.69, 9.17) is 0 Å². The van der Waals surface area contributed by atoms with E-state index >= 15 is 0 Å². The fourth-order valence-electron chi connectivity index (χ4n) is 2.38. The Balaban J connectivity index is 2.12. The van der Waals surface area contributed by atoms with E-state index in [-0.39, 0.29) is 4.90 Å². The van der Waals surface area contributed by atoms with E-state index in [1.165, 1.54) is 12.1 Å². The Kier molecular flexibility index (Phi) is 4.63. The van der Waals surface area contributed by atoms with E-state index in [0.29, 0.717) is 22.9 Å². The maximum Gasteiger partial charge on any atom is 0.240 e. The maximum atomic E-state index is 13.2. The first kappa shape index (κ1) is 14.9. The highest BCUT2D eigenvalue weighted by Crippen LogP contribution is 2.31. The predicted octanol–water partition coefficient (Wildman–Crippen LogP) is 2.98. The number of rotatable bonds is 4. The largest absolute Gasteiger partial charge is 0.240 e. The summed E-state index contributed by atoms with van der Waals surface area (Å²) < 4.78 is 40.1. The fraction of sp³-hybridized carbons (Fsp3) is 0.538. The smallest absolute Gasteiger partial charge is 0.211 e. The van der Waals surface area contributed by atoms with Crippen LogP contribution >= 0.6 is 15.9 Å². The lowest BCUT2D eigenvalue weighted by Crippen LogP contribution is -2.31. The summed E-state index contributed by atoms with van der Waals surface area (Å²) in [4.78, 5) is 0.389. The standard InChI is InChI=1S/C13H17BrFNO2S/c1-9-5-6-11(15)7-13(9)19(17,18)16-8-10-3-2-4-12(10)14/h5-7,10,12,16H,2-4,8H2,1H3. The van der Waals surface area contributed by atoms with Crippen LogP contribution in [0.1, 0.15) is 24.8 Å². The average molecular weight is 350 g/mol. The quantitative estimate of drug-likeness (QED) is 0.849. The molecule has 1 aliphatic carbocycles. The van der Waals surface area contributed by atoms with Crippen molar-refractivity contribution in [3.05, 3.63) is 29.6 Å². The average Bonchev–Trinajstić information content (AvgIpc) is 2.75. The number of nitrogens with one attached hydrogen (secondary N) is 1. The van der Waals surface area contributed by atoms with Crippen molar-refractivity contribution in [1.82, 2.24) is 4.72 Å². The number of benzene rings is 1. The highest BCUT2D eigenvalue weighted by atomic mass is 79.9. The van der Waals surface area contributed by atoms with Crippen LogP contribution in [0.3, 0.4) is 0 Å². The van der Waals surface area contributed by atoms with Crippen LogP contribution in [0.4, 0.5) is 4.39 Å². The van der Waals surface area contributed by atoms with Crippen molar-refractivity contribution >= 4 is 26.0 Å². The van der Waals surface area contributed by atoms with Crippen molar-refractivity contribution < 1.29 is 12.8 Å². The van der Waals surface area contributed by atoms with E-state index in [1.807, 2.05) is 0 Å². The third-order valence-electron chi connectivity index (χ3n) is 3.54. The molecule has 0 bridgehead atoms. The zero-order chi connectivity index (χ0) is 14.0. The van der Waals surface area contributed by atoms with Gasteiger partial charge in [-0.05, 0) is 43.4 Å². The normalized spacial score (nSPS) is 23.7. The van der Waals surface area contributed by atoms with Gasteiger partial charge in [0.15, 0.2) is 0 Å². The number of hydrogen-bond acceptors (Lipinski definition) is 2. The molecule has 1 saturated carbocycles. The number of aryl methyl sites for hydroxylation is 1. The minimum Gasteiger partial charge on any atom is -0.211 e.